The maximum absolute atomic E-state index is 11.4. The molecule has 1 fully saturated rings. The summed E-state index contributed by atoms with van der Waals surface area (Å²) in [7, 11) is 0. The Balaban J connectivity index is 2.02. The van der Waals surface area contributed by atoms with Gasteiger partial charge >= 0.3 is 6.09 Å². The Bertz CT molecular complexity index is 401. The van der Waals surface area contributed by atoms with Crippen molar-refractivity contribution in [1.29, 1.82) is 0 Å². The lowest BCUT2D eigenvalue weighted by molar-refractivity contribution is 0.168. The van der Waals surface area contributed by atoms with Crippen molar-refractivity contribution in [3.8, 4) is 0 Å². The van der Waals surface area contributed by atoms with Crippen molar-refractivity contribution in [2.75, 3.05) is 29.9 Å². The zero-order valence-electron chi connectivity index (χ0n) is 10.8. The van der Waals surface area contributed by atoms with Crippen molar-refractivity contribution in [3.63, 3.8) is 0 Å². The molecule has 0 radical (unpaired) electrons. The Morgan fingerprint density at radius 2 is 2.11 bits per heavy atom. The van der Waals surface area contributed by atoms with Crippen molar-refractivity contribution in [2.24, 2.45) is 0 Å². The van der Waals surface area contributed by atoms with Crippen LogP contribution in [-0.2, 0) is 4.74 Å². The highest BCUT2D eigenvalue weighted by Gasteiger charge is 2.11. The molecule has 2 rings (SSSR count). The van der Waals surface area contributed by atoms with Crippen LogP contribution in [0.15, 0.2) is 24.3 Å². The third kappa shape index (κ3) is 3.39. The van der Waals surface area contributed by atoms with E-state index in [1.807, 2.05) is 18.2 Å². The summed E-state index contributed by atoms with van der Waals surface area (Å²) in [5.41, 5.74) is 1.96. The van der Waals surface area contributed by atoms with E-state index in [4.69, 9.17) is 4.74 Å². The molecule has 4 heteroatoms. The van der Waals surface area contributed by atoms with E-state index in [9.17, 15) is 4.79 Å². The van der Waals surface area contributed by atoms with Gasteiger partial charge in [0.05, 0.1) is 6.61 Å². The molecule has 1 amide bonds. The van der Waals surface area contributed by atoms with Crippen molar-refractivity contribution >= 4 is 17.5 Å². The van der Waals surface area contributed by atoms with Gasteiger partial charge < -0.3 is 9.64 Å². The van der Waals surface area contributed by atoms with E-state index in [1.54, 1.807) is 6.92 Å². The van der Waals surface area contributed by atoms with Gasteiger partial charge in [-0.2, -0.15) is 0 Å². The normalized spacial score (nSPS) is 15.3. The van der Waals surface area contributed by atoms with Gasteiger partial charge in [0, 0.05) is 24.5 Å². The summed E-state index contributed by atoms with van der Waals surface area (Å²) in [4.78, 5) is 13.7. The summed E-state index contributed by atoms with van der Waals surface area (Å²) in [6, 6.07) is 7.93. The Hall–Kier alpha value is -1.71. The zero-order valence-corrected chi connectivity index (χ0v) is 10.8. The molecule has 18 heavy (non-hydrogen) atoms. The second-order valence-corrected chi connectivity index (χ2v) is 4.44. The average Bonchev–Trinajstić information content (AvgIpc) is 2.40. The lowest BCUT2D eigenvalue weighted by atomic mass is 10.1. The monoisotopic (exact) mass is 248 g/mol. The maximum Gasteiger partial charge on any atom is 0.411 e. The van der Waals surface area contributed by atoms with Gasteiger partial charge in [-0.3, -0.25) is 5.32 Å². The van der Waals surface area contributed by atoms with Crippen molar-refractivity contribution in [1.82, 2.24) is 0 Å². The SMILES string of the molecule is CCOC(=O)Nc1cccc(N2CCCCC2)c1. The van der Waals surface area contributed by atoms with Crippen LogP contribution in [0.25, 0.3) is 0 Å². The summed E-state index contributed by atoms with van der Waals surface area (Å²) in [6.45, 7) is 4.38. The summed E-state index contributed by atoms with van der Waals surface area (Å²) in [6.07, 6.45) is 3.41. The zero-order chi connectivity index (χ0) is 12.8. The van der Waals surface area contributed by atoms with E-state index in [2.05, 4.69) is 16.3 Å². The van der Waals surface area contributed by atoms with Crippen LogP contribution >= 0.6 is 0 Å². The molecule has 0 saturated carbocycles. The molecule has 0 bridgehead atoms. The van der Waals surface area contributed by atoms with Gasteiger partial charge in [0.25, 0.3) is 0 Å². The number of nitrogens with zero attached hydrogens (tertiary/aromatic N) is 1. The highest BCUT2D eigenvalue weighted by molar-refractivity contribution is 5.85. The summed E-state index contributed by atoms with van der Waals surface area (Å²) < 4.78 is 4.87. The predicted octanol–water partition coefficient (Wildman–Crippen LogP) is 3.25. The topological polar surface area (TPSA) is 41.6 Å². The molecule has 1 N–H and O–H groups in total. The number of benzene rings is 1. The summed E-state index contributed by atoms with van der Waals surface area (Å²) in [5, 5.41) is 2.73. The molecule has 1 heterocycles. The minimum absolute atomic E-state index is 0.387. The van der Waals surface area contributed by atoms with Crippen LogP contribution in [0.4, 0.5) is 16.2 Å². The third-order valence-corrected chi connectivity index (χ3v) is 3.09. The molecule has 4 nitrogen and oxygen atoms in total. The van der Waals surface area contributed by atoms with Gasteiger partial charge in [0.2, 0.25) is 0 Å². The maximum atomic E-state index is 11.4. The molecule has 98 valence electrons. The van der Waals surface area contributed by atoms with E-state index in [-0.39, 0.29) is 0 Å². The Kier molecular flexibility index (Phi) is 4.45. The van der Waals surface area contributed by atoms with E-state index in [0.717, 1.165) is 18.8 Å². The average molecular weight is 248 g/mol. The highest BCUT2D eigenvalue weighted by atomic mass is 16.5. The van der Waals surface area contributed by atoms with Crippen molar-refractivity contribution in [2.45, 2.75) is 26.2 Å². The molecule has 1 aliphatic heterocycles. The minimum Gasteiger partial charge on any atom is -0.450 e. The second kappa shape index (κ2) is 6.28. The molecule has 1 aromatic carbocycles. The Morgan fingerprint density at radius 1 is 1.33 bits per heavy atom. The van der Waals surface area contributed by atoms with Crippen molar-refractivity contribution < 1.29 is 9.53 Å². The standard InChI is InChI=1S/C14H20N2O2/c1-2-18-14(17)15-12-7-6-8-13(11-12)16-9-4-3-5-10-16/h6-8,11H,2-5,9-10H2,1H3,(H,15,17). The van der Waals surface area contributed by atoms with Crippen molar-refractivity contribution in [3.05, 3.63) is 24.3 Å². The molecule has 0 aliphatic carbocycles. The number of hydrogen-bond acceptors (Lipinski definition) is 3. The van der Waals surface area contributed by atoms with Gasteiger partial charge in [0.1, 0.15) is 0 Å². The van der Waals surface area contributed by atoms with E-state index in [0.29, 0.717) is 6.61 Å². The van der Waals surface area contributed by atoms with Gasteiger partial charge in [0.15, 0.2) is 0 Å². The van der Waals surface area contributed by atoms with E-state index >= 15 is 0 Å². The lowest BCUT2D eigenvalue weighted by Crippen LogP contribution is -2.29. The molecule has 0 unspecified atom stereocenters. The largest absolute Gasteiger partial charge is 0.450 e. The number of rotatable bonds is 3. The van der Waals surface area contributed by atoms with Gasteiger partial charge in [-0.05, 0) is 44.4 Å². The summed E-state index contributed by atoms with van der Waals surface area (Å²) >= 11 is 0. The van der Waals surface area contributed by atoms with Crippen LogP contribution in [0.2, 0.25) is 0 Å². The number of carbonyl (C=O) groups is 1. The fourth-order valence-electron chi connectivity index (χ4n) is 2.22. The van der Waals surface area contributed by atoms with Crippen LogP contribution in [0, 0.1) is 0 Å². The van der Waals surface area contributed by atoms with Crippen LogP contribution < -0.4 is 10.2 Å². The van der Waals surface area contributed by atoms with Crippen LogP contribution in [0.1, 0.15) is 26.2 Å². The van der Waals surface area contributed by atoms with Gasteiger partial charge in [-0.1, -0.05) is 6.07 Å². The number of nitrogens with one attached hydrogen (secondary N) is 1. The number of amides is 1. The van der Waals surface area contributed by atoms with Gasteiger partial charge in [-0.25, -0.2) is 4.79 Å². The smallest absolute Gasteiger partial charge is 0.411 e. The molecular weight excluding hydrogens is 228 g/mol. The van der Waals surface area contributed by atoms with Crippen LogP contribution in [0.3, 0.4) is 0 Å². The molecule has 1 saturated heterocycles. The fraction of sp³-hybridized carbons (Fsp3) is 0.500. The molecule has 0 aromatic heterocycles. The first kappa shape index (κ1) is 12.7. The van der Waals surface area contributed by atoms with E-state index in [1.165, 1.54) is 24.9 Å². The molecule has 1 aromatic rings. The molecular formula is C14H20N2O2. The summed E-state index contributed by atoms with van der Waals surface area (Å²) in [5.74, 6) is 0. The fourth-order valence-corrected chi connectivity index (χ4v) is 2.22. The number of hydrogen-bond donors (Lipinski definition) is 1. The number of carbonyl (C=O) groups excluding carboxylic acids is 1. The van der Waals surface area contributed by atoms with Crippen LogP contribution in [0.5, 0.6) is 0 Å². The molecule has 1 aliphatic rings. The number of anilines is 2. The first-order valence-corrected chi connectivity index (χ1v) is 6.58. The second-order valence-electron chi connectivity index (χ2n) is 4.44. The molecule has 0 spiro atoms. The quantitative estimate of drug-likeness (QED) is 0.892. The number of piperidine rings is 1. The molecule has 0 atom stereocenters. The number of ether oxygens (including phenoxy) is 1. The van der Waals surface area contributed by atoms with E-state index < -0.39 is 6.09 Å². The lowest BCUT2D eigenvalue weighted by Gasteiger charge is -2.29. The Morgan fingerprint density at radius 3 is 2.83 bits per heavy atom. The first-order chi connectivity index (χ1) is 8.79. The van der Waals surface area contributed by atoms with Crippen LogP contribution in [-0.4, -0.2) is 25.8 Å². The third-order valence-electron chi connectivity index (χ3n) is 3.09. The predicted molar refractivity (Wildman–Crippen MR) is 73.2 cm³/mol. The first-order valence-electron chi connectivity index (χ1n) is 6.58. The van der Waals surface area contributed by atoms with Gasteiger partial charge in [-0.15, -0.1) is 0 Å². The minimum atomic E-state index is -0.395. The highest BCUT2D eigenvalue weighted by Crippen LogP contribution is 2.23. The Labute approximate surface area is 108 Å².